The average molecular weight is 497 g/mol. The molecule has 3 aromatic rings. The number of benzene rings is 3. The Morgan fingerprint density at radius 1 is 0.472 bits per heavy atom. The molecule has 3 rings (SSSR count). The predicted octanol–water partition coefficient (Wildman–Crippen LogP) is 6.56. The molecule has 0 saturated carbocycles. The second-order valence-corrected chi connectivity index (χ2v) is 9.23. The van der Waals surface area contributed by atoms with E-state index in [-0.39, 0.29) is 0 Å². The van der Waals surface area contributed by atoms with Crippen LogP contribution in [0.4, 0.5) is 0 Å². The second-order valence-electron chi connectivity index (χ2n) is 9.23. The van der Waals surface area contributed by atoms with E-state index in [1.54, 1.807) is 42.7 Å². The average Bonchev–Trinajstić information content (AvgIpc) is 2.86. The van der Waals surface area contributed by atoms with E-state index in [1.165, 1.54) is 0 Å². The third-order valence-corrected chi connectivity index (χ3v) is 5.59. The van der Waals surface area contributed by atoms with Crippen molar-refractivity contribution in [3.8, 4) is 62.5 Å². The van der Waals surface area contributed by atoms with Crippen molar-refractivity contribution in [2.75, 3.05) is 42.7 Å². The highest BCUT2D eigenvalue weighted by atomic mass is 16.5. The van der Waals surface area contributed by atoms with Crippen molar-refractivity contribution in [3.05, 3.63) is 42.0 Å². The molecule has 0 heterocycles. The van der Waals surface area contributed by atoms with Gasteiger partial charge in [-0.2, -0.15) is 0 Å². The third kappa shape index (κ3) is 5.40. The van der Waals surface area contributed by atoms with E-state index in [0.717, 1.165) is 27.8 Å². The summed E-state index contributed by atoms with van der Waals surface area (Å²) < 4.78 is 40.1. The first kappa shape index (κ1) is 26.9. The molecule has 0 atom stereocenters. The zero-order valence-electron chi connectivity index (χ0n) is 22.8. The largest absolute Gasteiger partial charge is 0.493 e. The first-order chi connectivity index (χ1) is 17.1. The van der Waals surface area contributed by atoms with E-state index in [9.17, 15) is 0 Å². The van der Waals surface area contributed by atoms with E-state index >= 15 is 0 Å². The summed E-state index contributed by atoms with van der Waals surface area (Å²) in [4.78, 5) is 0. The van der Waals surface area contributed by atoms with Crippen molar-refractivity contribution < 1.29 is 33.2 Å². The van der Waals surface area contributed by atoms with Crippen molar-refractivity contribution in [2.24, 2.45) is 0 Å². The zero-order valence-corrected chi connectivity index (χ0v) is 22.8. The maximum atomic E-state index is 6.61. The molecule has 0 amide bonds. The normalized spacial score (nSPS) is 11.1. The molecule has 0 radical (unpaired) electrons. The molecule has 36 heavy (non-hydrogen) atoms. The Balaban J connectivity index is 2.40. The van der Waals surface area contributed by atoms with Crippen LogP contribution in [0.15, 0.2) is 36.4 Å². The lowest BCUT2D eigenvalue weighted by Gasteiger charge is -2.27. The van der Waals surface area contributed by atoms with Gasteiger partial charge in [-0.3, -0.25) is 0 Å². The molecule has 0 aliphatic rings. The van der Waals surface area contributed by atoms with Gasteiger partial charge in [0.05, 0.1) is 42.7 Å². The summed E-state index contributed by atoms with van der Waals surface area (Å²) in [5, 5.41) is 0. The van der Waals surface area contributed by atoms with E-state index in [1.807, 2.05) is 52.0 Å². The quantitative estimate of drug-likeness (QED) is 0.332. The van der Waals surface area contributed by atoms with Crippen LogP contribution in [-0.2, 0) is 0 Å². The first-order valence-electron chi connectivity index (χ1n) is 11.5. The van der Waals surface area contributed by atoms with Crippen LogP contribution in [-0.4, -0.2) is 48.3 Å². The van der Waals surface area contributed by atoms with Gasteiger partial charge in [-0.05, 0) is 80.8 Å². The molecule has 0 aliphatic heterocycles. The number of rotatable bonds is 9. The Kier molecular flexibility index (Phi) is 8.13. The third-order valence-electron chi connectivity index (χ3n) is 5.59. The van der Waals surface area contributed by atoms with Gasteiger partial charge in [0.25, 0.3) is 0 Å². The fourth-order valence-electron chi connectivity index (χ4n) is 4.09. The van der Waals surface area contributed by atoms with Crippen molar-refractivity contribution in [3.63, 3.8) is 0 Å². The molecule has 7 nitrogen and oxygen atoms in total. The van der Waals surface area contributed by atoms with Crippen LogP contribution in [0.5, 0.6) is 40.2 Å². The summed E-state index contributed by atoms with van der Waals surface area (Å²) in [6.07, 6.45) is 0. The summed E-state index contributed by atoms with van der Waals surface area (Å²) in [6.45, 7) is 8.10. The smallest absolute Gasteiger partial charge is 0.203 e. The van der Waals surface area contributed by atoms with Gasteiger partial charge in [0.15, 0.2) is 23.0 Å². The Hall–Kier alpha value is -3.74. The van der Waals surface area contributed by atoms with Crippen LogP contribution in [0.1, 0.15) is 26.3 Å². The van der Waals surface area contributed by atoms with E-state index < -0.39 is 5.60 Å². The molecular formula is C29H36O7. The molecule has 0 spiro atoms. The minimum Gasteiger partial charge on any atom is -0.493 e. The molecule has 0 aliphatic carbocycles. The van der Waals surface area contributed by atoms with Gasteiger partial charge in [0.2, 0.25) is 11.5 Å². The van der Waals surface area contributed by atoms with Crippen molar-refractivity contribution in [2.45, 2.75) is 33.3 Å². The van der Waals surface area contributed by atoms with Gasteiger partial charge >= 0.3 is 0 Å². The lowest BCUT2D eigenvalue weighted by molar-refractivity contribution is 0.132. The molecule has 3 aromatic carbocycles. The summed E-state index contributed by atoms with van der Waals surface area (Å²) in [7, 11) is 9.58. The number of methoxy groups -OCH3 is 6. The SMILES string of the molecule is COc1cc(-c2cc(C)cc(-c3cc(OC)c(OC)c(OC)c3)c2OC(C)(C)C)cc(OC)c1OC. The fourth-order valence-corrected chi connectivity index (χ4v) is 4.09. The number of ether oxygens (including phenoxy) is 7. The lowest BCUT2D eigenvalue weighted by atomic mass is 9.93. The maximum absolute atomic E-state index is 6.61. The highest BCUT2D eigenvalue weighted by Crippen LogP contribution is 2.49. The van der Waals surface area contributed by atoms with Crippen molar-refractivity contribution in [1.82, 2.24) is 0 Å². The lowest BCUT2D eigenvalue weighted by Crippen LogP contribution is -2.23. The van der Waals surface area contributed by atoms with E-state index in [2.05, 4.69) is 12.1 Å². The number of hydrogen-bond acceptors (Lipinski definition) is 7. The molecule has 0 saturated heterocycles. The van der Waals surface area contributed by atoms with E-state index in [0.29, 0.717) is 40.2 Å². The van der Waals surface area contributed by atoms with Gasteiger partial charge in [-0.1, -0.05) is 0 Å². The molecule has 0 unspecified atom stereocenters. The Morgan fingerprint density at radius 2 is 0.806 bits per heavy atom. The molecule has 194 valence electrons. The molecular weight excluding hydrogens is 460 g/mol. The van der Waals surface area contributed by atoms with Gasteiger partial charge in [-0.25, -0.2) is 0 Å². The Morgan fingerprint density at radius 3 is 1.06 bits per heavy atom. The first-order valence-corrected chi connectivity index (χ1v) is 11.5. The van der Waals surface area contributed by atoms with Crippen LogP contribution >= 0.6 is 0 Å². The molecule has 0 fully saturated rings. The maximum Gasteiger partial charge on any atom is 0.203 e. The van der Waals surface area contributed by atoms with Gasteiger partial charge in [0.1, 0.15) is 11.4 Å². The summed E-state index contributed by atoms with van der Waals surface area (Å²) in [5.41, 5.74) is 4.06. The molecule has 7 heteroatoms. The minimum absolute atomic E-state index is 0.472. The summed E-state index contributed by atoms with van der Waals surface area (Å²) in [5.74, 6) is 4.00. The van der Waals surface area contributed by atoms with Gasteiger partial charge in [-0.15, -0.1) is 0 Å². The number of hydrogen-bond donors (Lipinski definition) is 0. The second kappa shape index (κ2) is 10.9. The van der Waals surface area contributed by atoms with Gasteiger partial charge < -0.3 is 33.2 Å². The van der Waals surface area contributed by atoms with Crippen molar-refractivity contribution >= 4 is 0 Å². The molecule has 0 aromatic heterocycles. The Labute approximate surface area is 213 Å². The summed E-state index contributed by atoms with van der Waals surface area (Å²) >= 11 is 0. The highest BCUT2D eigenvalue weighted by molar-refractivity contribution is 5.86. The topological polar surface area (TPSA) is 64.6 Å². The monoisotopic (exact) mass is 496 g/mol. The van der Waals surface area contributed by atoms with Gasteiger partial charge in [0, 0.05) is 11.1 Å². The molecule has 0 bridgehead atoms. The highest BCUT2D eigenvalue weighted by Gasteiger charge is 2.24. The zero-order chi connectivity index (χ0) is 26.6. The van der Waals surface area contributed by atoms with Crippen LogP contribution < -0.4 is 33.2 Å². The predicted molar refractivity (Wildman–Crippen MR) is 142 cm³/mol. The van der Waals surface area contributed by atoms with Crippen molar-refractivity contribution in [1.29, 1.82) is 0 Å². The summed E-state index contributed by atoms with van der Waals surface area (Å²) in [6, 6.07) is 11.9. The van der Waals surface area contributed by atoms with Crippen LogP contribution in [0, 0.1) is 6.92 Å². The van der Waals surface area contributed by atoms with Crippen LogP contribution in [0.25, 0.3) is 22.3 Å². The van der Waals surface area contributed by atoms with E-state index in [4.69, 9.17) is 33.2 Å². The standard InChI is InChI=1S/C29H36O7/c1-17-11-20(18-13-22(30-5)27(34-9)23(14-18)31-6)26(36-29(2,3)4)21(12-17)19-15-24(32-7)28(35-10)25(16-19)33-8/h11-16H,1-10H3. The Bertz CT molecular complexity index is 1090. The molecule has 0 N–H and O–H groups in total. The van der Waals surface area contributed by atoms with Crippen LogP contribution in [0.3, 0.4) is 0 Å². The van der Waals surface area contributed by atoms with Crippen LogP contribution in [0.2, 0.25) is 0 Å². The minimum atomic E-state index is -0.472. The fraction of sp³-hybridized carbons (Fsp3) is 0.379. The number of aryl methyl sites for hydroxylation is 1.